The van der Waals surface area contributed by atoms with Crippen LogP contribution >= 0.6 is 11.5 Å². The van der Waals surface area contributed by atoms with Gasteiger partial charge in [-0.05, 0) is 55.0 Å². The van der Waals surface area contributed by atoms with Crippen LogP contribution in [0.4, 0.5) is 0 Å². The average molecular weight is 276 g/mol. The monoisotopic (exact) mass is 276 g/mol. The third-order valence-electron chi connectivity index (χ3n) is 3.07. The topological polar surface area (TPSA) is 50.7 Å². The van der Waals surface area contributed by atoms with Crippen molar-refractivity contribution < 1.29 is 0 Å². The maximum Gasteiger partial charge on any atom is 0.0801 e. The fourth-order valence-corrected chi connectivity index (χ4v) is 2.87. The van der Waals surface area contributed by atoms with Gasteiger partial charge in [-0.1, -0.05) is 18.3 Å². The lowest BCUT2D eigenvalue weighted by Crippen LogP contribution is -2.24. The molecule has 0 spiro atoms. The van der Waals surface area contributed by atoms with Gasteiger partial charge in [0.15, 0.2) is 0 Å². The molecule has 102 valence electrons. The van der Waals surface area contributed by atoms with Crippen LogP contribution in [0.1, 0.15) is 42.4 Å². The number of rotatable bonds is 7. The van der Waals surface area contributed by atoms with Crippen molar-refractivity contribution in [3.05, 3.63) is 40.7 Å². The molecule has 1 atom stereocenters. The second-order valence-corrected chi connectivity index (χ2v) is 5.29. The Hall–Kier alpha value is -1.33. The van der Waals surface area contributed by atoms with Gasteiger partial charge in [0.05, 0.1) is 10.6 Å². The Morgan fingerprint density at radius 3 is 2.74 bits per heavy atom. The Morgan fingerprint density at radius 1 is 1.26 bits per heavy atom. The van der Waals surface area contributed by atoms with Crippen molar-refractivity contribution in [2.75, 3.05) is 6.54 Å². The van der Waals surface area contributed by atoms with E-state index in [1.165, 1.54) is 22.0 Å². The predicted molar refractivity (Wildman–Crippen MR) is 78.3 cm³/mol. The molecular formula is C14H20N4S. The van der Waals surface area contributed by atoms with Gasteiger partial charge in [-0.2, -0.15) is 0 Å². The van der Waals surface area contributed by atoms with Crippen molar-refractivity contribution >= 4 is 11.5 Å². The lowest BCUT2D eigenvalue weighted by molar-refractivity contribution is 0.532. The van der Waals surface area contributed by atoms with E-state index >= 15 is 0 Å². The van der Waals surface area contributed by atoms with Crippen molar-refractivity contribution in [3.8, 4) is 0 Å². The van der Waals surface area contributed by atoms with E-state index in [4.69, 9.17) is 0 Å². The summed E-state index contributed by atoms with van der Waals surface area (Å²) in [5, 5.41) is 7.83. The number of aryl methyl sites for hydroxylation is 1. The first-order valence-corrected chi connectivity index (χ1v) is 7.55. The zero-order chi connectivity index (χ0) is 13.5. The van der Waals surface area contributed by atoms with Gasteiger partial charge in [-0.15, -0.1) is 5.10 Å². The molecule has 0 aliphatic heterocycles. The summed E-state index contributed by atoms with van der Waals surface area (Å²) in [6.45, 7) is 5.32. The smallest absolute Gasteiger partial charge is 0.0801 e. The zero-order valence-electron chi connectivity index (χ0n) is 11.5. The van der Waals surface area contributed by atoms with E-state index in [0.717, 1.165) is 31.5 Å². The molecule has 4 nitrogen and oxygen atoms in total. The fourth-order valence-electron chi connectivity index (χ4n) is 2.06. The van der Waals surface area contributed by atoms with Crippen LogP contribution in [0.15, 0.2) is 24.5 Å². The van der Waals surface area contributed by atoms with Crippen molar-refractivity contribution in [1.82, 2.24) is 19.9 Å². The lowest BCUT2D eigenvalue weighted by Gasteiger charge is -2.17. The second kappa shape index (κ2) is 7.31. The molecule has 2 heterocycles. The third-order valence-corrected chi connectivity index (χ3v) is 3.95. The summed E-state index contributed by atoms with van der Waals surface area (Å²) in [5.74, 6) is 0. The van der Waals surface area contributed by atoms with E-state index in [2.05, 4.69) is 45.9 Å². The van der Waals surface area contributed by atoms with E-state index in [1.54, 1.807) is 0 Å². The van der Waals surface area contributed by atoms with Gasteiger partial charge in [0.1, 0.15) is 0 Å². The minimum Gasteiger partial charge on any atom is -0.309 e. The molecule has 2 aromatic rings. The van der Waals surface area contributed by atoms with E-state index in [9.17, 15) is 0 Å². The molecule has 0 bridgehead atoms. The molecule has 1 unspecified atom stereocenters. The SMILES string of the molecule is CCCNC(Cc1ccncc1)c1snnc1CC. The summed E-state index contributed by atoms with van der Waals surface area (Å²) in [4.78, 5) is 5.34. The minimum absolute atomic E-state index is 0.303. The zero-order valence-corrected chi connectivity index (χ0v) is 12.3. The van der Waals surface area contributed by atoms with Crippen LogP contribution in [0.5, 0.6) is 0 Å². The molecule has 0 aliphatic rings. The molecular weight excluding hydrogens is 256 g/mol. The van der Waals surface area contributed by atoms with Crippen molar-refractivity contribution in [1.29, 1.82) is 0 Å². The first-order chi connectivity index (χ1) is 9.35. The second-order valence-electron chi connectivity index (χ2n) is 4.50. The van der Waals surface area contributed by atoms with E-state index in [-0.39, 0.29) is 0 Å². The molecule has 1 N–H and O–H groups in total. The molecule has 0 aliphatic carbocycles. The molecule has 0 radical (unpaired) electrons. The highest BCUT2D eigenvalue weighted by Gasteiger charge is 2.18. The Bertz CT molecular complexity index is 483. The van der Waals surface area contributed by atoms with Crippen LogP contribution in [0, 0.1) is 0 Å². The van der Waals surface area contributed by atoms with Crippen LogP contribution in [0.25, 0.3) is 0 Å². The highest BCUT2D eigenvalue weighted by molar-refractivity contribution is 7.05. The summed E-state index contributed by atoms with van der Waals surface area (Å²) < 4.78 is 4.10. The van der Waals surface area contributed by atoms with Crippen LogP contribution in [-0.2, 0) is 12.8 Å². The average Bonchev–Trinajstić information content (AvgIpc) is 2.93. The number of nitrogens with one attached hydrogen (secondary N) is 1. The highest BCUT2D eigenvalue weighted by Crippen LogP contribution is 2.24. The standard InChI is InChI=1S/C14H20N4S/c1-3-7-16-13(10-11-5-8-15-9-6-11)14-12(4-2)17-18-19-14/h5-6,8-9,13,16H,3-4,7,10H2,1-2H3. The van der Waals surface area contributed by atoms with Crippen molar-refractivity contribution in [3.63, 3.8) is 0 Å². The molecule has 19 heavy (non-hydrogen) atoms. The van der Waals surface area contributed by atoms with Gasteiger partial charge in [-0.3, -0.25) is 4.98 Å². The number of nitrogens with zero attached hydrogens (tertiary/aromatic N) is 3. The van der Waals surface area contributed by atoms with Gasteiger partial charge < -0.3 is 5.32 Å². The fraction of sp³-hybridized carbons (Fsp3) is 0.500. The Morgan fingerprint density at radius 2 is 2.05 bits per heavy atom. The summed E-state index contributed by atoms with van der Waals surface area (Å²) in [5.41, 5.74) is 2.41. The molecule has 5 heteroatoms. The summed E-state index contributed by atoms with van der Waals surface area (Å²) >= 11 is 1.51. The Balaban J connectivity index is 2.16. The van der Waals surface area contributed by atoms with Crippen LogP contribution < -0.4 is 5.32 Å². The number of hydrogen-bond donors (Lipinski definition) is 1. The highest BCUT2D eigenvalue weighted by atomic mass is 32.1. The van der Waals surface area contributed by atoms with E-state index in [1.807, 2.05) is 12.4 Å². The van der Waals surface area contributed by atoms with Crippen LogP contribution in [-0.4, -0.2) is 21.1 Å². The number of aromatic nitrogens is 3. The van der Waals surface area contributed by atoms with Crippen LogP contribution in [0.3, 0.4) is 0 Å². The maximum atomic E-state index is 4.22. The van der Waals surface area contributed by atoms with E-state index < -0.39 is 0 Å². The van der Waals surface area contributed by atoms with E-state index in [0.29, 0.717) is 6.04 Å². The molecule has 2 rings (SSSR count). The predicted octanol–water partition coefficient (Wildman–Crippen LogP) is 2.78. The number of pyridine rings is 1. The Labute approximate surface area is 118 Å². The van der Waals surface area contributed by atoms with Gasteiger partial charge >= 0.3 is 0 Å². The molecule has 0 amide bonds. The quantitative estimate of drug-likeness (QED) is 0.845. The summed E-state index contributed by atoms with van der Waals surface area (Å²) in [6.07, 6.45) is 6.71. The summed E-state index contributed by atoms with van der Waals surface area (Å²) in [7, 11) is 0. The molecule has 0 aromatic carbocycles. The first kappa shape index (κ1) is 14.1. The van der Waals surface area contributed by atoms with Gasteiger partial charge in [0, 0.05) is 18.4 Å². The lowest BCUT2D eigenvalue weighted by atomic mass is 10.0. The largest absolute Gasteiger partial charge is 0.309 e. The van der Waals surface area contributed by atoms with Gasteiger partial charge in [0.25, 0.3) is 0 Å². The van der Waals surface area contributed by atoms with Gasteiger partial charge in [0.2, 0.25) is 0 Å². The normalized spacial score (nSPS) is 12.5. The number of hydrogen-bond acceptors (Lipinski definition) is 5. The molecule has 0 fully saturated rings. The minimum atomic E-state index is 0.303. The first-order valence-electron chi connectivity index (χ1n) is 6.78. The Kier molecular flexibility index (Phi) is 5.42. The third kappa shape index (κ3) is 3.81. The summed E-state index contributed by atoms with van der Waals surface area (Å²) in [6, 6.07) is 4.44. The van der Waals surface area contributed by atoms with Crippen molar-refractivity contribution in [2.45, 2.75) is 39.2 Å². The molecule has 2 aromatic heterocycles. The van der Waals surface area contributed by atoms with Crippen molar-refractivity contribution in [2.24, 2.45) is 0 Å². The maximum absolute atomic E-state index is 4.22. The molecule has 0 saturated heterocycles. The van der Waals surface area contributed by atoms with Crippen LogP contribution in [0.2, 0.25) is 0 Å². The van der Waals surface area contributed by atoms with Gasteiger partial charge in [-0.25, -0.2) is 0 Å². The molecule has 0 saturated carbocycles.